The van der Waals surface area contributed by atoms with Gasteiger partial charge in [-0.3, -0.25) is 4.90 Å². The molecule has 3 aromatic rings. The fourth-order valence-corrected chi connectivity index (χ4v) is 4.12. The van der Waals surface area contributed by atoms with Crippen LogP contribution in [0.4, 0.5) is 0 Å². The molecule has 0 radical (unpaired) electrons. The number of aromatic carboxylic acids is 1. The number of benzene rings is 3. The Morgan fingerprint density at radius 2 is 1.52 bits per heavy atom. The Labute approximate surface area is 171 Å². The highest BCUT2D eigenvalue weighted by Gasteiger charge is 2.33. The Hall–Kier alpha value is -2.95. The van der Waals surface area contributed by atoms with Gasteiger partial charge in [0.05, 0.1) is 11.2 Å². The molecule has 0 atom stereocenters. The second kappa shape index (κ2) is 8.19. The van der Waals surface area contributed by atoms with Crippen LogP contribution in [0.3, 0.4) is 0 Å². The Kier molecular flexibility index (Phi) is 5.47. The number of hydrogen-bond acceptors (Lipinski definition) is 3. The van der Waals surface area contributed by atoms with E-state index in [0.29, 0.717) is 24.9 Å². The van der Waals surface area contributed by atoms with Gasteiger partial charge in [0, 0.05) is 19.6 Å². The van der Waals surface area contributed by atoms with Gasteiger partial charge < -0.3 is 10.2 Å². The van der Waals surface area contributed by atoms with Crippen LogP contribution in [0.1, 0.15) is 34.3 Å². The van der Waals surface area contributed by atoms with E-state index in [1.165, 1.54) is 0 Å². The van der Waals surface area contributed by atoms with Gasteiger partial charge in [-0.15, -0.1) is 0 Å². The van der Waals surface area contributed by atoms with E-state index in [-0.39, 0.29) is 0 Å². The highest BCUT2D eigenvalue weighted by atomic mass is 16.4. The number of piperidine rings is 1. The summed E-state index contributed by atoms with van der Waals surface area (Å²) in [5.41, 5.74) is 3.62. The van der Waals surface area contributed by atoms with Gasteiger partial charge in [0.25, 0.3) is 0 Å². The maximum Gasteiger partial charge on any atom is 0.335 e. The summed E-state index contributed by atoms with van der Waals surface area (Å²) in [5, 5.41) is 20.5. The molecule has 0 saturated carbocycles. The molecule has 1 fully saturated rings. The first kappa shape index (κ1) is 19.4. The predicted octanol–water partition coefficient (Wildman–Crippen LogP) is 4.54. The molecule has 0 bridgehead atoms. The number of carboxylic acids is 1. The van der Waals surface area contributed by atoms with Crippen LogP contribution in [-0.2, 0) is 12.1 Å². The maximum atomic E-state index is 11.5. The van der Waals surface area contributed by atoms with Crippen molar-refractivity contribution in [2.45, 2.75) is 25.0 Å². The first-order chi connectivity index (χ1) is 14.0. The van der Waals surface area contributed by atoms with E-state index >= 15 is 0 Å². The molecule has 0 spiro atoms. The van der Waals surface area contributed by atoms with Crippen LogP contribution in [-0.4, -0.2) is 34.2 Å². The van der Waals surface area contributed by atoms with E-state index in [1.54, 1.807) is 12.1 Å². The number of nitrogens with zero attached hydrogens (tertiary/aromatic N) is 1. The first-order valence-corrected chi connectivity index (χ1v) is 9.97. The Balaban J connectivity index is 1.55. The summed E-state index contributed by atoms with van der Waals surface area (Å²) in [4.78, 5) is 13.8. The van der Waals surface area contributed by atoms with Gasteiger partial charge in [0.2, 0.25) is 0 Å². The third kappa shape index (κ3) is 4.24. The van der Waals surface area contributed by atoms with Crippen molar-refractivity contribution < 1.29 is 15.0 Å². The SMILES string of the molecule is O=C(O)c1ccc(-c2ccccc2)c(CN2CCC(O)(c3ccccc3)CC2)c1. The highest BCUT2D eigenvalue weighted by Crippen LogP contribution is 2.34. The first-order valence-electron chi connectivity index (χ1n) is 9.97. The van der Waals surface area contributed by atoms with E-state index in [2.05, 4.69) is 4.90 Å². The zero-order valence-corrected chi connectivity index (χ0v) is 16.3. The van der Waals surface area contributed by atoms with Gasteiger partial charge in [0.15, 0.2) is 0 Å². The average Bonchev–Trinajstić information content (AvgIpc) is 2.76. The minimum absolute atomic E-state index is 0.303. The summed E-state index contributed by atoms with van der Waals surface area (Å²) in [7, 11) is 0. The van der Waals surface area contributed by atoms with Crippen LogP contribution in [0, 0.1) is 0 Å². The molecule has 4 rings (SSSR count). The van der Waals surface area contributed by atoms with Crippen LogP contribution in [0.15, 0.2) is 78.9 Å². The third-order valence-electron chi connectivity index (χ3n) is 5.83. The van der Waals surface area contributed by atoms with Crippen molar-refractivity contribution in [3.05, 3.63) is 95.6 Å². The zero-order chi connectivity index (χ0) is 20.3. The maximum absolute atomic E-state index is 11.5. The Bertz CT molecular complexity index is 977. The standard InChI is InChI=1S/C25H25NO3/c27-24(28)20-11-12-23(19-7-3-1-4-8-19)21(17-20)18-26-15-13-25(29,14-16-26)22-9-5-2-6-10-22/h1-12,17,29H,13-16,18H2,(H,27,28). The molecule has 1 heterocycles. The topological polar surface area (TPSA) is 60.8 Å². The minimum Gasteiger partial charge on any atom is -0.478 e. The lowest BCUT2D eigenvalue weighted by Crippen LogP contribution is -2.42. The Morgan fingerprint density at radius 3 is 2.14 bits per heavy atom. The normalized spacial score (nSPS) is 16.4. The molecule has 0 aliphatic carbocycles. The number of hydrogen-bond donors (Lipinski definition) is 2. The number of rotatable bonds is 5. The van der Waals surface area contributed by atoms with Crippen LogP contribution < -0.4 is 0 Å². The van der Waals surface area contributed by atoms with Gasteiger partial charge in [-0.05, 0) is 47.2 Å². The molecule has 0 amide bonds. The number of carboxylic acid groups (broad SMARTS) is 1. The molecule has 1 aliphatic rings. The number of aliphatic hydroxyl groups is 1. The third-order valence-corrected chi connectivity index (χ3v) is 5.83. The molecule has 1 aliphatic heterocycles. The van der Waals surface area contributed by atoms with Gasteiger partial charge in [-0.1, -0.05) is 66.7 Å². The zero-order valence-electron chi connectivity index (χ0n) is 16.3. The minimum atomic E-state index is -0.914. The van der Waals surface area contributed by atoms with Crippen LogP contribution in [0.2, 0.25) is 0 Å². The molecule has 2 N–H and O–H groups in total. The van der Waals surface area contributed by atoms with Crippen molar-refractivity contribution in [2.24, 2.45) is 0 Å². The summed E-state index contributed by atoms with van der Waals surface area (Å²) in [6.45, 7) is 2.18. The summed E-state index contributed by atoms with van der Waals surface area (Å²) < 4.78 is 0. The van der Waals surface area contributed by atoms with Gasteiger partial charge in [-0.2, -0.15) is 0 Å². The van der Waals surface area contributed by atoms with Crippen molar-refractivity contribution in [2.75, 3.05) is 13.1 Å². The van der Waals surface area contributed by atoms with Crippen molar-refractivity contribution >= 4 is 5.97 Å². The molecule has 0 aromatic heterocycles. The quantitative estimate of drug-likeness (QED) is 0.675. The lowest BCUT2D eigenvalue weighted by molar-refractivity contribution is -0.0277. The molecular formula is C25H25NO3. The largest absolute Gasteiger partial charge is 0.478 e. The van der Waals surface area contributed by atoms with Crippen molar-refractivity contribution in [1.29, 1.82) is 0 Å². The number of likely N-dealkylation sites (tertiary alicyclic amines) is 1. The van der Waals surface area contributed by atoms with E-state index in [1.807, 2.05) is 66.7 Å². The average molecular weight is 387 g/mol. The molecule has 29 heavy (non-hydrogen) atoms. The van der Waals surface area contributed by atoms with Gasteiger partial charge in [0.1, 0.15) is 0 Å². The van der Waals surface area contributed by atoms with Crippen LogP contribution >= 0.6 is 0 Å². The van der Waals surface area contributed by atoms with Crippen molar-refractivity contribution in [3.63, 3.8) is 0 Å². The molecule has 148 valence electrons. The van der Waals surface area contributed by atoms with Crippen LogP contribution in [0.5, 0.6) is 0 Å². The van der Waals surface area contributed by atoms with Crippen molar-refractivity contribution in [1.82, 2.24) is 4.90 Å². The lowest BCUT2D eigenvalue weighted by Gasteiger charge is -2.38. The lowest BCUT2D eigenvalue weighted by atomic mass is 9.84. The monoisotopic (exact) mass is 387 g/mol. The van der Waals surface area contributed by atoms with Crippen molar-refractivity contribution in [3.8, 4) is 11.1 Å². The highest BCUT2D eigenvalue weighted by molar-refractivity contribution is 5.89. The second-order valence-corrected chi connectivity index (χ2v) is 7.72. The fourth-order valence-electron chi connectivity index (χ4n) is 4.12. The van der Waals surface area contributed by atoms with E-state index in [4.69, 9.17) is 0 Å². The molecular weight excluding hydrogens is 362 g/mol. The summed E-state index contributed by atoms with van der Waals surface area (Å²) in [6.07, 6.45) is 1.33. The van der Waals surface area contributed by atoms with Gasteiger partial charge >= 0.3 is 5.97 Å². The summed E-state index contributed by atoms with van der Waals surface area (Å²) in [5.74, 6) is -0.914. The Morgan fingerprint density at radius 1 is 0.897 bits per heavy atom. The number of carbonyl (C=O) groups is 1. The van der Waals surface area contributed by atoms with E-state index in [0.717, 1.165) is 35.3 Å². The van der Waals surface area contributed by atoms with E-state index in [9.17, 15) is 15.0 Å². The molecule has 4 nitrogen and oxygen atoms in total. The summed E-state index contributed by atoms with van der Waals surface area (Å²) in [6, 6.07) is 25.3. The molecule has 4 heteroatoms. The second-order valence-electron chi connectivity index (χ2n) is 7.72. The van der Waals surface area contributed by atoms with Crippen LogP contribution in [0.25, 0.3) is 11.1 Å². The molecule has 1 saturated heterocycles. The smallest absolute Gasteiger partial charge is 0.335 e. The summed E-state index contributed by atoms with van der Waals surface area (Å²) >= 11 is 0. The van der Waals surface area contributed by atoms with E-state index < -0.39 is 11.6 Å². The molecule has 3 aromatic carbocycles. The fraction of sp³-hybridized carbons (Fsp3) is 0.240. The van der Waals surface area contributed by atoms with Gasteiger partial charge in [-0.25, -0.2) is 4.79 Å². The molecule has 0 unspecified atom stereocenters. The predicted molar refractivity (Wildman–Crippen MR) is 114 cm³/mol.